The monoisotopic (exact) mass is 484 g/mol. The summed E-state index contributed by atoms with van der Waals surface area (Å²) in [5, 5.41) is 2.80. The molecule has 0 heterocycles. The molecular weight excluding hydrogens is 455 g/mol. The van der Waals surface area contributed by atoms with Gasteiger partial charge in [-0.3, -0.25) is 9.10 Å². The van der Waals surface area contributed by atoms with Crippen molar-refractivity contribution in [2.45, 2.75) is 31.1 Å². The Labute approximate surface area is 200 Å². The lowest BCUT2D eigenvalue weighted by Gasteiger charge is -2.24. The van der Waals surface area contributed by atoms with E-state index in [1.807, 2.05) is 31.2 Å². The van der Waals surface area contributed by atoms with E-state index in [2.05, 4.69) is 5.32 Å². The van der Waals surface area contributed by atoms with Crippen molar-refractivity contribution in [2.24, 2.45) is 0 Å². The van der Waals surface area contributed by atoms with Crippen LogP contribution in [-0.4, -0.2) is 34.0 Å². The number of sulfonamides is 1. The zero-order valence-electron chi connectivity index (χ0n) is 19.1. The summed E-state index contributed by atoms with van der Waals surface area (Å²) in [7, 11) is -4.06. The highest BCUT2D eigenvalue weighted by Gasteiger charge is 2.27. The van der Waals surface area contributed by atoms with Crippen LogP contribution in [0.1, 0.15) is 25.3 Å². The van der Waals surface area contributed by atoms with Gasteiger partial charge in [0.2, 0.25) is 5.91 Å². The Morgan fingerprint density at radius 1 is 0.971 bits per heavy atom. The fourth-order valence-electron chi connectivity index (χ4n) is 3.40. The second kappa shape index (κ2) is 12.2. The SMILES string of the molecule is CCCOc1ccccc1CCCNC(=O)CN(c1ccccc1)S(=O)(=O)c1ccc(F)cc1. The van der Waals surface area contributed by atoms with Gasteiger partial charge >= 0.3 is 0 Å². The number of benzene rings is 3. The van der Waals surface area contributed by atoms with E-state index in [0.29, 0.717) is 25.3 Å². The molecule has 0 saturated carbocycles. The van der Waals surface area contributed by atoms with Gasteiger partial charge in [0.1, 0.15) is 18.1 Å². The normalized spacial score (nSPS) is 11.1. The molecule has 6 nitrogen and oxygen atoms in total. The van der Waals surface area contributed by atoms with Crippen LogP contribution in [0.5, 0.6) is 5.75 Å². The van der Waals surface area contributed by atoms with Crippen molar-refractivity contribution in [3.05, 3.63) is 90.2 Å². The molecule has 0 aliphatic rings. The van der Waals surface area contributed by atoms with Crippen LogP contribution in [0.2, 0.25) is 0 Å². The minimum atomic E-state index is -4.06. The number of hydrogen-bond donors (Lipinski definition) is 1. The van der Waals surface area contributed by atoms with Crippen molar-refractivity contribution in [1.29, 1.82) is 0 Å². The molecule has 0 aliphatic carbocycles. The number of nitrogens with zero attached hydrogens (tertiary/aromatic N) is 1. The quantitative estimate of drug-likeness (QED) is 0.383. The third kappa shape index (κ3) is 6.81. The topological polar surface area (TPSA) is 75.7 Å². The Balaban J connectivity index is 1.64. The molecule has 0 aliphatic heterocycles. The molecular formula is C26H29FN2O4S. The molecule has 0 unspecified atom stereocenters. The molecule has 0 bridgehead atoms. The lowest BCUT2D eigenvalue weighted by Crippen LogP contribution is -2.41. The van der Waals surface area contributed by atoms with Crippen LogP contribution in [-0.2, 0) is 21.2 Å². The summed E-state index contributed by atoms with van der Waals surface area (Å²) in [6.07, 6.45) is 2.31. The molecule has 34 heavy (non-hydrogen) atoms. The Morgan fingerprint density at radius 3 is 2.35 bits per heavy atom. The van der Waals surface area contributed by atoms with Gasteiger partial charge in [0.25, 0.3) is 10.0 Å². The van der Waals surface area contributed by atoms with E-state index < -0.39 is 21.7 Å². The van der Waals surface area contributed by atoms with E-state index in [0.717, 1.165) is 40.6 Å². The smallest absolute Gasteiger partial charge is 0.264 e. The maximum atomic E-state index is 13.3. The summed E-state index contributed by atoms with van der Waals surface area (Å²) in [6, 6.07) is 20.7. The van der Waals surface area contributed by atoms with Gasteiger partial charge in [-0.05, 0) is 67.3 Å². The summed E-state index contributed by atoms with van der Waals surface area (Å²) in [5.74, 6) is -0.119. The number of hydrogen-bond acceptors (Lipinski definition) is 4. The molecule has 0 fully saturated rings. The number of anilines is 1. The summed E-state index contributed by atoms with van der Waals surface area (Å²) in [4.78, 5) is 12.6. The van der Waals surface area contributed by atoms with Crippen molar-refractivity contribution in [1.82, 2.24) is 5.32 Å². The first-order valence-corrected chi connectivity index (χ1v) is 12.7. The van der Waals surface area contributed by atoms with Crippen LogP contribution in [0.3, 0.4) is 0 Å². The molecule has 0 saturated heterocycles. The summed E-state index contributed by atoms with van der Waals surface area (Å²) >= 11 is 0. The van der Waals surface area contributed by atoms with Crippen molar-refractivity contribution >= 4 is 21.6 Å². The Kier molecular flexibility index (Phi) is 9.04. The average Bonchev–Trinajstić information content (AvgIpc) is 2.85. The highest BCUT2D eigenvalue weighted by molar-refractivity contribution is 7.92. The highest BCUT2D eigenvalue weighted by atomic mass is 32.2. The average molecular weight is 485 g/mol. The number of carbonyl (C=O) groups excluding carboxylic acids is 1. The first kappa shape index (κ1) is 25.2. The summed E-state index contributed by atoms with van der Waals surface area (Å²) in [5.41, 5.74) is 1.42. The van der Waals surface area contributed by atoms with Gasteiger partial charge in [-0.15, -0.1) is 0 Å². The molecule has 0 aromatic heterocycles. The van der Waals surface area contributed by atoms with Gasteiger partial charge in [0.05, 0.1) is 17.2 Å². The lowest BCUT2D eigenvalue weighted by atomic mass is 10.1. The van der Waals surface area contributed by atoms with Gasteiger partial charge in [0.15, 0.2) is 0 Å². The molecule has 0 atom stereocenters. The van der Waals surface area contributed by atoms with Crippen LogP contribution in [0.4, 0.5) is 10.1 Å². The highest BCUT2D eigenvalue weighted by Crippen LogP contribution is 2.23. The molecule has 0 radical (unpaired) electrons. The molecule has 1 N–H and O–H groups in total. The molecule has 1 amide bonds. The van der Waals surface area contributed by atoms with Crippen LogP contribution >= 0.6 is 0 Å². The summed E-state index contributed by atoms with van der Waals surface area (Å²) in [6.45, 7) is 2.69. The molecule has 8 heteroatoms. The van der Waals surface area contributed by atoms with Crippen molar-refractivity contribution in [2.75, 3.05) is 24.0 Å². The summed E-state index contributed by atoms with van der Waals surface area (Å²) < 4.78 is 46.6. The maximum absolute atomic E-state index is 13.3. The van der Waals surface area contributed by atoms with Gasteiger partial charge in [-0.1, -0.05) is 43.3 Å². The van der Waals surface area contributed by atoms with E-state index in [1.54, 1.807) is 30.3 Å². The predicted molar refractivity (Wildman–Crippen MR) is 131 cm³/mol. The van der Waals surface area contributed by atoms with Crippen LogP contribution in [0, 0.1) is 5.82 Å². The van der Waals surface area contributed by atoms with E-state index in [9.17, 15) is 17.6 Å². The van der Waals surface area contributed by atoms with Gasteiger partial charge < -0.3 is 10.1 Å². The molecule has 0 spiro atoms. The maximum Gasteiger partial charge on any atom is 0.264 e. The first-order valence-electron chi connectivity index (χ1n) is 11.2. The second-order valence-electron chi connectivity index (χ2n) is 7.71. The standard InChI is InChI=1S/C26H29FN2O4S/c1-2-19-33-25-13-7-6-9-21(25)10-8-18-28-26(30)20-29(23-11-4-3-5-12-23)34(31,32)24-16-14-22(27)15-17-24/h3-7,9,11-17H,2,8,10,18-20H2,1H3,(H,28,30). The number of para-hydroxylation sites is 2. The van der Waals surface area contributed by atoms with Crippen molar-refractivity contribution < 1.29 is 22.3 Å². The van der Waals surface area contributed by atoms with Crippen LogP contribution in [0.15, 0.2) is 83.8 Å². The van der Waals surface area contributed by atoms with E-state index in [4.69, 9.17) is 4.74 Å². The molecule has 180 valence electrons. The fourth-order valence-corrected chi connectivity index (χ4v) is 4.82. The van der Waals surface area contributed by atoms with Gasteiger partial charge in [-0.25, -0.2) is 12.8 Å². The third-order valence-corrected chi connectivity index (χ3v) is 6.90. The van der Waals surface area contributed by atoms with Crippen molar-refractivity contribution in [3.63, 3.8) is 0 Å². The minimum absolute atomic E-state index is 0.0887. The zero-order chi connectivity index (χ0) is 24.4. The first-order chi connectivity index (χ1) is 16.4. The van der Waals surface area contributed by atoms with E-state index >= 15 is 0 Å². The molecule has 3 aromatic rings. The second-order valence-corrected chi connectivity index (χ2v) is 9.57. The van der Waals surface area contributed by atoms with E-state index in [-0.39, 0.29) is 11.4 Å². The van der Waals surface area contributed by atoms with Crippen molar-refractivity contribution in [3.8, 4) is 5.75 Å². The van der Waals surface area contributed by atoms with Crippen LogP contribution < -0.4 is 14.4 Å². The van der Waals surface area contributed by atoms with E-state index in [1.165, 1.54) is 12.1 Å². The predicted octanol–water partition coefficient (Wildman–Crippen LogP) is 4.56. The third-order valence-electron chi connectivity index (χ3n) is 5.11. The Morgan fingerprint density at radius 2 is 1.65 bits per heavy atom. The van der Waals surface area contributed by atoms with Gasteiger partial charge in [0, 0.05) is 6.54 Å². The fraction of sp³-hybridized carbons (Fsp3) is 0.269. The minimum Gasteiger partial charge on any atom is -0.493 e. The zero-order valence-corrected chi connectivity index (χ0v) is 19.9. The van der Waals surface area contributed by atoms with Gasteiger partial charge in [-0.2, -0.15) is 0 Å². The molecule has 3 aromatic carbocycles. The number of ether oxygens (including phenoxy) is 1. The number of amides is 1. The van der Waals surface area contributed by atoms with Crippen LogP contribution in [0.25, 0.3) is 0 Å². The number of rotatable bonds is 12. The largest absolute Gasteiger partial charge is 0.493 e. The number of carbonyl (C=O) groups is 1. The Bertz CT molecular complexity index is 1170. The lowest BCUT2D eigenvalue weighted by molar-refractivity contribution is -0.119. The Hall–Kier alpha value is -3.39. The number of halogens is 1. The number of aryl methyl sites for hydroxylation is 1. The molecule has 3 rings (SSSR count). The number of nitrogens with one attached hydrogen (secondary N) is 1.